The van der Waals surface area contributed by atoms with Crippen molar-refractivity contribution in [2.24, 2.45) is 0 Å². The maximum absolute atomic E-state index is 6.02. The molecule has 0 spiro atoms. The summed E-state index contributed by atoms with van der Waals surface area (Å²) >= 11 is 6.02. The van der Waals surface area contributed by atoms with E-state index in [1.807, 2.05) is 18.2 Å². The Labute approximate surface area is 109 Å². The molecule has 0 aromatic heterocycles. The van der Waals surface area contributed by atoms with Crippen molar-refractivity contribution >= 4 is 11.6 Å². The van der Waals surface area contributed by atoms with Crippen LogP contribution >= 0.6 is 11.6 Å². The molecule has 0 fully saturated rings. The van der Waals surface area contributed by atoms with Gasteiger partial charge in [0.25, 0.3) is 0 Å². The summed E-state index contributed by atoms with van der Waals surface area (Å²) in [7, 11) is 0. The van der Waals surface area contributed by atoms with Crippen LogP contribution in [0.2, 0.25) is 5.02 Å². The van der Waals surface area contributed by atoms with E-state index in [2.05, 4.69) is 33.0 Å². The number of nitrogens with one attached hydrogen (secondary N) is 1. The molecule has 0 saturated heterocycles. The van der Waals surface area contributed by atoms with Crippen LogP contribution < -0.4 is 10.1 Å². The summed E-state index contributed by atoms with van der Waals surface area (Å²) in [4.78, 5) is 0. The van der Waals surface area contributed by atoms with Crippen LogP contribution in [-0.2, 0) is 6.54 Å². The summed E-state index contributed by atoms with van der Waals surface area (Å²) in [6.07, 6.45) is 1.23. The van der Waals surface area contributed by atoms with Gasteiger partial charge in [-0.15, -0.1) is 0 Å². The van der Waals surface area contributed by atoms with E-state index in [0.29, 0.717) is 6.04 Å². The topological polar surface area (TPSA) is 21.3 Å². The molecule has 17 heavy (non-hydrogen) atoms. The first-order valence-corrected chi connectivity index (χ1v) is 6.59. The third kappa shape index (κ3) is 4.97. The van der Waals surface area contributed by atoms with Crippen LogP contribution in [-0.4, -0.2) is 12.1 Å². The highest BCUT2D eigenvalue weighted by molar-refractivity contribution is 6.30. The number of benzene rings is 1. The molecule has 1 aromatic rings. The predicted molar refractivity (Wildman–Crippen MR) is 73.8 cm³/mol. The SMILES string of the molecule is CCC(C)Oc1ccc(Cl)cc1CNC(C)C. The zero-order chi connectivity index (χ0) is 12.8. The average molecular weight is 256 g/mol. The van der Waals surface area contributed by atoms with E-state index in [4.69, 9.17) is 16.3 Å². The van der Waals surface area contributed by atoms with Crippen molar-refractivity contribution in [3.8, 4) is 5.75 Å². The lowest BCUT2D eigenvalue weighted by molar-refractivity contribution is 0.215. The zero-order valence-electron chi connectivity index (χ0n) is 11.1. The molecule has 0 amide bonds. The number of halogens is 1. The second kappa shape index (κ2) is 6.87. The fraction of sp³-hybridized carbons (Fsp3) is 0.571. The summed E-state index contributed by atoms with van der Waals surface area (Å²) in [5.74, 6) is 0.928. The average Bonchev–Trinajstić information content (AvgIpc) is 2.29. The van der Waals surface area contributed by atoms with Gasteiger partial charge in [0.1, 0.15) is 5.75 Å². The van der Waals surface area contributed by atoms with Crippen molar-refractivity contribution < 1.29 is 4.74 Å². The van der Waals surface area contributed by atoms with E-state index >= 15 is 0 Å². The number of ether oxygens (including phenoxy) is 1. The Morgan fingerprint density at radius 2 is 2.00 bits per heavy atom. The van der Waals surface area contributed by atoms with Gasteiger partial charge in [0.05, 0.1) is 6.10 Å². The molecule has 2 nitrogen and oxygen atoms in total. The van der Waals surface area contributed by atoms with Gasteiger partial charge in [-0.2, -0.15) is 0 Å². The van der Waals surface area contributed by atoms with Crippen molar-refractivity contribution in [1.82, 2.24) is 5.32 Å². The highest BCUT2D eigenvalue weighted by Gasteiger charge is 2.08. The van der Waals surface area contributed by atoms with Crippen molar-refractivity contribution in [2.45, 2.75) is 52.8 Å². The number of hydrogen-bond acceptors (Lipinski definition) is 2. The highest BCUT2D eigenvalue weighted by atomic mass is 35.5. The minimum atomic E-state index is 0.231. The summed E-state index contributed by atoms with van der Waals surface area (Å²) in [5.41, 5.74) is 1.12. The van der Waals surface area contributed by atoms with Crippen LogP contribution in [0.1, 0.15) is 39.7 Å². The maximum atomic E-state index is 6.02. The molecule has 1 unspecified atom stereocenters. The Balaban J connectivity index is 2.79. The Bertz CT molecular complexity index is 352. The summed E-state index contributed by atoms with van der Waals surface area (Å²) < 4.78 is 5.88. The molecule has 1 N–H and O–H groups in total. The first-order chi connectivity index (χ1) is 8.02. The van der Waals surface area contributed by atoms with Gasteiger partial charge in [0.2, 0.25) is 0 Å². The third-order valence-corrected chi connectivity index (χ3v) is 2.86. The third-order valence-electron chi connectivity index (χ3n) is 2.63. The molecule has 0 heterocycles. The molecule has 96 valence electrons. The van der Waals surface area contributed by atoms with Crippen LogP contribution in [0.4, 0.5) is 0 Å². The van der Waals surface area contributed by atoms with E-state index in [9.17, 15) is 0 Å². The predicted octanol–water partition coefficient (Wildman–Crippen LogP) is 4.02. The van der Waals surface area contributed by atoms with Crippen molar-refractivity contribution in [3.63, 3.8) is 0 Å². The lowest BCUT2D eigenvalue weighted by Crippen LogP contribution is -2.22. The van der Waals surface area contributed by atoms with Gasteiger partial charge in [-0.25, -0.2) is 0 Å². The largest absolute Gasteiger partial charge is 0.490 e. The van der Waals surface area contributed by atoms with Gasteiger partial charge in [-0.1, -0.05) is 32.4 Å². The Morgan fingerprint density at radius 1 is 1.29 bits per heavy atom. The zero-order valence-corrected chi connectivity index (χ0v) is 11.8. The summed E-state index contributed by atoms with van der Waals surface area (Å²) in [6.45, 7) is 9.23. The van der Waals surface area contributed by atoms with E-state index < -0.39 is 0 Å². The van der Waals surface area contributed by atoms with Crippen LogP contribution in [0.5, 0.6) is 5.75 Å². The number of hydrogen-bond donors (Lipinski definition) is 1. The summed E-state index contributed by atoms with van der Waals surface area (Å²) in [5, 5.41) is 4.13. The van der Waals surface area contributed by atoms with Crippen LogP contribution in [0, 0.1) is 0 Å². The van der Waals surface area contributed by atoms with Crippen LogP contribution in [0.15, 0.2) is 18.2 Å². The van der Waals surface area contributed by atoms with Gasteiger partial charge in [0, 0.05) is 23.2 Å². The molecular weight excluding hydrogens is 234 g/mol. The summed E-state index contributed by atoms with van der Waals surface area (Å²) in [6, 6.07) is 6.24. The second-order valence-corrected chi connectivity index (χ2v) is 5.06. The number of rotatable bonds is 6. The molecule has 0 aliphatic rings. The lowest BCUT2D eigenvalue weighted by atomic mass is 10.2. The molecule has 0 radical (unpaired) electrons. The molecule has 0 saturated carbocycles. The van der Waals surface area contributed by atoms with Crippen LogP contribution in [0.3, 0.4) is 0 Å². The van der Waals surface area contributed by atoms with Crippen LogP contribution in [0.25, 0.3) is 0 Å². The second-order valence-electron chi connectivity index (χ2n) is 4.62. The monoisotopic (exact) mass is 255 g/mol. The molecule has 0 bridgehead atoms. The Kier molecular flexibility index (Phi) is 5.79. The van der Waals surface area contributed by atoms with Gasteiger partial charge in [-0.3, -0.25) is 0 Å². The van der Waals surface area contributed by atoms with Gasteiger partial charge < -0.3 is 10.1 Å². The first kappa shape index (κ1) is 14.3. The highest BCUT2D eigenvalue weighted by Crippen LogP contribution is 2.24. The Hall–Kier alpha value is -0.730. The first-order valence-electron chi connectivity index (χ1n) is 6.21. The van der Waals surface area contributed by atoms with Gasteiger partial charge in [-0.05, 0) is 31.5 Å². The van der Waals surface area contributed by atoms with E-state index in [1.54, 1.807) is 0 Å². The van der Waals surface area contributed by atoms with E-state index in [1.165, 1.54) is 0 Å². The van der Waals surface area contributed by atoms with Gasteiger partial charge >= 0.3 is 0 Å². The Morgan fingerprint density at radius 3 is 2.59 bits per heavy atom. The molecule has 3 heteroatoms. The van der Waals surface area contributed by atoms with Crippen molar-refractivity contribution in [1.29, 1.82) is 0 Å². The normalized spacial score (nSPS) is 12.8. The minimum absolute atomic E-state index is 0.231. The molecule has 1 aromatic carbocycles. The van der Waals surface area contributed by atoms with Crippen molar-refractivity contribution in [2.75, 3.05) is 0 Å². The molecular formula is C14H22ClNO. The van der Waals surface area contributed by atoms with Gasteiger partial charge in [0.15, 0.2) is 0 Å². The quantitative estimate of drug-likeness (QED) is 0.829. The molecule has 1 rings (SSSR count). The molecule has 0 aliphatic carbocycles. The fourth-order valence-electron chi connectivity index (χ4n) is 1.42. The standard InChI is InChI=1S/C14H22ClNO/c1-5-11(4)17-14-7-6-13(15)8-12(14)9-16-10(2)3/h6-8,10-11,16H,5,9H2,1-4H3. The molecule has 1 atom stereocenters. The smallest absolute Gasteiger partial charge is 0.124 e. The fourth-order valence-corrected chi connectivity index (χ4v) is 1.61. The van der Waals surface area contributed by atoms with Crippen molar-refractivity contribution in [3.05, 3.63) is 28.8 Å². The van der Waals surface area contributed by atoms with E-state index in [0.717, 1.165) is 29.3 Å². The lowest BCUT2D eigenvalue weighted by Gasteiger charge is -2.17. The molecule has 0 aliphatic heterocycles. The minimum Gasteiger partial charge on any atom is -0.490 e. The maximum Gasteiger partial charge on any atom is 0.124 e. The van der Waals surface area contributed by atoms with E-state index in [-0.39, 0.29) is 6.10 Å².